The molecule has 1 aromatic carbocycles. The Morgan fingerprint density at radius 3 is 2.59 bits per heavy atom. The molecule has 1 heterocycles. The van der Waals surface area contributed by atoms with Crippen LogP contribution in [0.5, 0.6) is 5.75 Å². The summed E-state index contributed by atoms with van der Waals surface area (Å²) in [5.41, 5.74) is 0.671. The lowest BCUT2D eigenvalue weighted by Crippen LogP contribution is -2.39. The van der Waals surface area contributed by atoms with Crippen LogP contribution in [0.3, 0.4) is 0 Å². The van der Waals surface area contributed by atoms with Gasteiger partial charge in [-0.15, -0.1) is 0 Å². The van der Waals surface area contributed by atoms with Gasteiger partial charge in [-0.3, -0.25) is 4.79 Å². The molecule has 92 valence electrons. The van der Waals surface area contributed by atoms with Gasteiger partial charge in [-0.05, 0) is 36.7 Å². The molecular weight excluding hydrogens is 216 g/mol. The van der Waals surface area contributed by atoms with Crippen molar-refractivity contribution in [3.05, 3.63) is 29.8 Å². The van der Waals surface area contributed by atoms with E-state index in [2.05, 4.69) is 17.6 Å². The minimum absolute atomic E-state index is 0.0202. The van der Waals surface area contributed by atoms with Gasteiger partial charge in [0.2, 0.25) is 0 Å². The number of carbonyl (C=O) groups is 1. The van der Waals surface area contributed by atoms with E-state index in [1.165, 1.54) is 0 Å². The van der Waals surface area contributed by atoms with Gasteiger partial charge in [-0.25, -0.2) is 0 Å². The summed E-state index contributed by atoms with van der Waals surface area (Å²) < 4.78 is 5.06. The number of amides is 1. The van der Waals surface area contributed by atoms with Crippen molar-refractivity contribution in [2.24, 2.45) is 5.92 Å². The first-order valence-corrected chi connectivity index (χ1v) is 5.86. The first kappa shape index (κ1) is 11.9. The zero-order chi connectivity index (χ0) is 12.3. The summed E-state index contributed by atoms with van der Waals surface area (Å²) in [5, 5.41) is 6.30. The van der Waals surface area contributed by atoms with Crippen molar-refractivity contribution in [1.82, 2.24) is 10.6 Å². The molecule has 4 nitrogen and oxygen atoms in total. The standard InChI is InChI=1S/C13H18N2O2/c1-9-7-14-8-12(9)15-13(16)10-3-5-11(17-2)6-4-10/h3-6,9,12,14H,7-8H2,1-2H3,(H,15,16). The van der Waals surface area contributed by atoms with Gasteiger partial charge in [0.05, 0.1) is 7.11 Å². The second kappa shape index (κ2) is 5.19. The molecule has 1 fully saturated rings. The molecule has 2 atom stereocenters. The van der Waals surface area contributed by atoms with Crippen LogP contribution in [0.15, 0.2) is 24.3 Å². The lowest BCUT2D eigenvalue weighted by atomic mass is 10.1. The summed E-state index contributed by atoms with van der Waals surface area (Å²) in [5.74, 6) is 1.22. The van der Waals surface area contributed by atoms with Gasteiger partial charge in [0, 0.05) is 18.2 Å². The molecule has 1 saturated heterocycles. The Hall–Kier alpha value is -1.55. The molecule has 1 amide bonds. The number of carbonyl (C=O) groups excluding carboxylic acids is 1. The molecule has 0 spiro atoms. The van der Waals surface area contributed by atoms with E-state index in [0.717, 1.165) is 18.8 Å². The van der Waals surface area contributed by atoms with Crippen molar-refractivity contribution < 1.29 is 9.53 Å². The fourth-order valence-electron chi connectivity index (χ4n) is 2.00. The molecule has 1 aromatic rings. The summed E-state index contributed by atoms with van der Waals surface area (Å²) in [6.07, 6.45) is 0. The van der Waals surface area contributed by atoms with E-state index in [0.29, 0.717) is 11.5 Å². The monoisotopic (exact) mass is 234 g/mol. The predicted octanol–water partition coefficient (Wildman–Crippen LogP) is 1.03. The molecule has 1 aliphatic heterocycles. The van der Waals surface area contributed by atoms with Gasteiger partial charge >= 0.3 is 0 Å². The molecular formula is C13H18N2O2. The van der Waals surface area contributed by atoms with Crippen molar-refractivity contribution in [3.63, 3.8) is 0 Å². The van der Waals surface area contributed by atoms with E-state index in [-0.39, 0.29) is 11.9 Å². The fourth-order valence-corrected chi connectivity index (χ4v) is 2.00. The van der Waals surface area contributed by atoms with Gasteiger partial charge in [-0.1, -0.05) is 6.92 Å². The molecule has 2 unspecified atom stereocenters. The molecule has 0 aromatic heterocycles. The van der Waals surface area contributed by atoms with Gasteiger partial charge in [0.15, 0.2) is 0 Å². The maximum Gasteiger partial charge on any atom is 0.251 e. The zero-order valence-corrected chi connectivity index (χ0v) is 10.2. The highest BCUT2D eigenvalue weighted by atomic mass is 16.5. The number of rotatable bonds is 3. The number of hydrogen-bond acceptors (Lipinski definition) is 3. The molecule has 0 aliphatic carbocycles. The van der Waals surface area contributed by atoms with E-state index in [1.807, 2.05) is 0 Å². The Labute approximate surface area is 101 Å². The molecule has 0 radical (unpaired) electrons. The highest BCUT2D eigenvalue weighted by molar-refractivity contribution is 5.94. The van der Waals surface area contributed by atoms with Crippen LogP contribution in [0.2, 0.25) is 0 Å². The predicted molar refractivity (Wildman–Crippen MR) is 66.3 cm³/mol. The fraction of sp³-hybridized carbons (Fsp3) is 0.462. The number of hydrogen-bond donors (Lipinski definition) is 2. The van der Waals surface area contributed by atoms with Crippen LogP contribution in [0.4, 0.5) is 0 Å². The molecule has 2 rings (SSSR count). The summed E-state index contributed by atoms with van der Waals surface area (Å²) in [7, 11) is 1.61. The first-order valence-electron chi connectivity index (χ1n) is 5.86. The highest BCUT2D eigenvalue weighted by Crippen LogP contribution is 2.13. The lowest BCUT2D eigenvalue weighted by Gasteiger charge is -2.16. The van der Waals surface area contributed by atoms with Crippen LogP contribution in [-0.2, 0) is 0 Å². The van der Waals surface area contributed by atoms with Gasteiger partial charge in [0.1, 0.15) is 5.75 Å². The van der Waals surface area contributed by atoms with E-state index in [4.69, 9.17) is 4.74 Å². The van der Waals surface area contributed by atoms with Crippen molar-refractivity contribution >= 4 is 5.91 Å². The minimum Gasteiger partial charge on any atom is -0.497 e. The number of benzene rings is 1. The molecule has 1 aliphatic rings. The van der Waals surface area contributed by atoms with Gasteiger partial charge in [-0.2, -0.15) is 0 Å². The van der Waals surface area contributed by atoms with Crippen molar-refractivity contribution in [2.75, 3.05) is 20.2 Å². The third kappa shape index (κ3) is 2.77. The first-order chi connectivity index (χ1) is 8.20. The largest absolute Gasteiger partial charge is 0.497 e. The van der Waals surface area contributed by atoms with Crippen LogP contribution >= 0.6 is 0 Å². The van der Waals surface area contributed by atoms with Gasteiger partial charge in [0.25, 0.3) is 5.91 Å². The molecule has 17 heavy (non-hydrogen) atoms. The van der Waals surface area contributed by atoms with Crippen molar-refractivity contribution in [2.45, 2.75) is 13.0 Å². The summed E-state index contributed by atoms with van der Waals surface area (Å²) in [6.45, 7) is 3.95. The summed E-state index contributed by atoms with van der Waals surface area (Å²) in [6, 6.07) is 7.38. The lowest BCUT2D eigenvalue weighted by molar-refractivity contribution is 0.0933. The molecule has 0 bridgehead atoms. The third-order valence-electron chi connectivity index (χ3n) is 3.19. The van der Waals surface area contributed by atoms with Crippen molar-refractivity contribution in [3.8, 4) is 5.75 Å². The Balaban J connectivity index is 1.99. The Morgan fingerprint density at radius 2 is 2.06 bits per heavy atom. The second-order valence-electron chi connectivity index (χ2n) is 4.44. The topological polar surface area (TPSA) is 50.4 Å². The van der Waals surface area contributed by atoms with Crippen LogP contribution in [0.1, 0.15) is 17.3 Å². The number of methoxy groups -OCH3 is 1. The maximum atomic E-state index is 12.0. The number of nitrogens with one attached hydrogen (secondary N) is 2. The SMILES string of the molecule is COc1ccc(C(=O)NC2CNCC2C)cc1. The molecule has 4 heteroatoms. The molecule has 0 saturated carbocycles. The van der Waals surface area contributed by atoms with E-state index < -0.39 is 0 Å². The normalized spacial score (nSPS) is 23.4. The average molecular weight is 234 g/mol. The van der Waals surface area contributed by atoms with E-state index in [1.54, 1.807) is 31.4 Å². The van der Waals surface area contributed by atoms with Gasteiger partial charge < -0.3 is 15.4 Å². The van der Waals surface area contributed by atoms with E-state index in [9.17, 15) is 4.79 Å². The van der Waals surface area contributed by atoms with Crippen LogP contribution in [0.25, 0.3) is 0 Å². The molecule has 2 N–H and O–H groups in total. The highest BCUT2D eigenvalue weighted by Gasteiger charge is 2.24. The van der Waals surface area contributed by atoms with Crippen LogP contribution < -0.4 is 15.4 Å². The zero-order valence-electron chi connectivity index (χ0n) is 10.2. The van der Waals surface area contributed by atoms with Crippen LogP contribution in [0, 0.1) is 5.92 Å². The second-order valence-corrected chi connectivity index (χ2v) is 4.44. The Kier molecular flexibility index (Phi) is 3.64. The minimum atomic E-state index is -0.0202. The smallest absolute Gasteiger partial charge is 0.251 e. The van der Waals surface area contributed by atoms with E-state index >= 15 is 0 Å². The van der Waals surface area contributed by atoms with Crippen molar-refractivity contribution in [1.29, 1.82) is 0 Å². The summed E-state index contributed by atoms with van der Waals surface area (Å²) >= 11 is 0. The Morgan fingerprint density at radius 1 is 1.35 bits per heavy atom. The van der Waals surface area contributed by atoms with Crippen LogP contribution in [-0.4, -0.2) is 32.1 Å². The Bertz CT molecular complexity index is 389. The summed E-state index contributed by atoms with van der Waals surface area (Å²) in [4.78, 5) is 12.0. The number of ether oxygens (including phenoxy) is 1. The average Bonchev–Trinajstić information content (AvgIpc) is 2.75. The maximum absolute atomic E-state index is 12.0. The quantitative estimate of drug-likeness (QED) is 0.821. The third-order valence-corrected chi connectivity index (χ3v) is 3.19.